The average molecular weight is 341 g/mol. The van der Waals surface area contributed by atoms with E-state index < -0.39 is 5.82 Å². The predicted octanol–water partition coefficient (Wildman–Crippen LogP) is 2.07. The Labute approximate surface area is 139 Å². The summed E-state index contributed by atoms with van der Waals surface area (Å²) in [5.41, 5.74) is 0.658. The van der Waals surface area contributed by atoms with Crippen LogP contribution in [0.25, 0.3) is 0 Å². The van der Waals surface area contributed by atoms with Crippen molar-refractivity contribution in [2.24, 2.45) is 0 Å². The van der Waals surface area contributed by atoms with Crippen LogP contribution < -0.4 is 5.32 Å². The average Bonchev–Trinajstić information content (AvgIpc) is 2.54. The fraction of sp³-hybridized carbons (Fsp3) is 0.375. The summed E-state index contributed by atoms with van der Waals surface area (Å²) in [5.74, 6) is -0.808. The van der Waals surface area contributed by atoms with Crippen LogP contribution in [0, 0.1) is 5.82 Å². The highest BCUT2D eigenvalue weighted by molar-refractivity contribution is 6.31. The number of halogens is 2. The third-order valence-electron chi connectivity index (χ3n) is 3.55. The molecule has 2 rings (SSSR count). The Bertz CT molecular complexity index is 609. The molecule has 2 amide bonds. The molecule has 23 heavy (non-hydrogen) atoms. The first kappa shape index (κ1) is 17.4. The maximum Gasteiger partial charge on any atom is 0.243 e. The van der Waals surface area contributed by atoms with Crippen molar-refractivity contribution in [3.05, 3.63) is 47.3 Å². The zero-order chi connectivity index (χ0) is 16.8. The SMILES string of the molecule is C=CC(=O)NCCC(=O)N1CCOC(c2ccc(F)cc2Cl)C1. The van der Waals surface area contributed by atoms with Gasteiger partial charge in [0.25, 0.3) is 0 Å². The standard InChI is InChI=1S/C16H18ClFN2O3/c1-2-15(21)19-6-5-16(22)20-7-8-23-14(10-20)12-4-3-11(18)9-13(12)17/h2-4,9,14H,1,5-8,10H2,(H,19,21). The molecule has 1 fully saturated rings. The van der Waals surface area contributed by atoms with E-state index in [1.165, 1.54) is 12.1 Å². The lowest BCUT2D eigenvalue weighted by Crippen LogP contribution is -2.43. The second-order valence-electron chi connectivity index (χ2n) is 5.11. The van der Waals surface area contributed by atoms with E-state index >= 15 is 0 Å². The van der Waals surface area contributed by atoms with Crippen molar-refractivity contribution in [3.63, 3.8) is 0 Å². The molecule has 124 valence electrons. The molecule has 1 aromatic rings. The van der Waals surface area contributed by atoms with Crippen LogP contribution in [0.1, 0.15) is 18.1 Å². The number of hydrogen-bond acceptors (Lipinski definition) is 3. The minimum absolute atomic E-state index is 0.0825. The Morgan fingerprint density at radius 1 is 1.52 bits per heavy atom. The summed E-state index contributed by atoms with van der Waals surface area (Å²) in [6, 6.07) is 4.11. The van der Waals surface area contributed by atoms with E-state index in [4.69, 9.17) is 16.3 Å². The fourth-order valence-electron chi connectivity index (χ4n) is 2.35. The number of benzene rings is 1. The van der Waals surface area contributed by atoms with Crippen LogP contribution >= 0.6 is 11.6 Å². The van der Waals surface area contributed by atoms with Gasteiger partial charge in [0.15, 0.2) is 0 Å². The summed E-state index contributed by atoms with van der Waals surface area (Å²) in [6.45, 7) is 4.80. The highest BCUT2D eigenvalue weighted by Gasteiger charge is 2.26. The van der Waals surface area contributed by atoms with E-state index in [1.54, 1.807) is 11.0 Å². The Morgan fingerprint density at radius 2 is 2.30 bits per heavy atom. The number of nitrogens with zero attached hydrogens (tertiary/aromatic N) is 1. The van der Waals surface area contributed by atoms with E-state index in [0.717, 1.165) is 6.08 Å². The molecule has 1 aromatic carbocycles. The van der Waals surface area contributed by atoms with Gasteiger partial charge in [-0.25, -0.2) is 4.39 Å². The second kappa shape index (κ2) is 8.08. The third-order valence-corrected chi connectivity index (χ3v) is 3.88. The molecule has 1 saturated heterocycles. The number of rotatable bonds is 5. The Morgan fingerprint density at radius 3 is 3.00 bits per heavy atom. The van der Waals surface area contributed by atoms with Crippen molar-refractivity contribution in [2.45, 2.75) is 12.5 Å². The molecule has 0 aliphatic carbocycles. The normalized spacial score (nSPS) is 17.7. The number of morpholine rings is 1. The molecule has 0 aromatic heterocycles. The van der Waals surface area contributed by atoms with E-state index in [0.29, 0.717) is 25.3 Å². The van der Waals surface area contributed by atoms with Crippen LogP contribution in [0.15, 0.2) is 30.9 Å². The lowest BCUT2D eigenvalue weighted by Gasteiger charge is -2.33. The van der Waals surface area contributed by atoms with Crippen molar-refractivity contribution in [2.75, 3.05) is 26.2 Å². The van der Waals surface area contributed by atoms with Gasteiger partial charge >= 0.3 is 0 Å². The van der Waals surface area contributed by atoms with Crippen LogP contribution in [-0.4, -0.2) is 43.0 Å². The van der Waals surface area contributed by atoms with Gasteiger partial charge in [0.05, 0.1) is 13.2 Å². The van der Waals surface area contributed by atoms with Crippen LogP contribution in [0.2, 0.25) is 5.02 Å². The largest absolute Gasteiger partial charge is 0.370 e. The third kappa shape index (κ3) is 4.77. The molecule has 1 unspecified atom stereocenters. The van der Waals surface area contributed by atoms with Crippen LogP contribution in [-0.2, 0) is 14.3 Å². The van der Waals surface area contributed by atoms with E-state index in [9.17, 15) is 14.0 Å². The molecular formula is C16H18ClFN2O3. The zero-order valence-electron chi connectivity index (χ0n) is 12.6. The maximum absolute atomic E-state index is 13.1. The first-order valence-corrected chi connectivity index (χ1v) is 7.63. The maximum atomic E-state index is 13.1. The highest BCUT2D eigenvalue weighted by atomic mass is 35.5. The van der Waals surface area contributed by atoms with Gasteiger partial charge in [-0.1, -0.05) is 24.2 Å². The summed E-state index contributed by atoms with van der Waals surface area (Å²) in [6.07, 6.45) is 0.971. The fourth-order valence-corrected chi connectivity index (χ4v) is 2.64. The smallest absolute Gasteiger partial charge is 0.243 e. The zero-order valence-corrected chi connectivity index (χ0v) is 13.3. The molecule has 0 saturated carbocycles. The molecular weight excluding hydrogens is 323 g/mol. The molecule has 0 spiro atoms. The summed E-state index contributed by atoms with van der Waals surface area (Å²) in [4.78, 5) is 24.9. The van der Waals surface area contributed by atoms with Crippen LogP contribution in [0.4, 0.5) is 4.39 Å². The highest BCUT2D eigenvalue weighted by Crippen LogP contribution is 2.29. The monoisotopic (exact) mass is 340 g/mol. The summed E-state index contributed by atoms with van der Waals surface area (Å²) < 4.78 is 18.8. The van der Waals surface area contributed by atoms with Gasteiger partial charge in [-0.2, -0.15) is 0 Å². The second-order valence-corrected chi connectivity index (χ2v) is 5.52. The number of nitrogens with one attached hydrogen (secondary N) is 1. The van der Waals surface area contributed by atoms with Crippen molar-refractivity contribution in [1.82, 2.24) is 10.2 Å². The molecule has 1 aliphatic rings. The first-order chi connectivity index (χ1) is 11.0. The van der Waals surface area contributed by atoms with Crippen molar-refractivity contribution < 1.29 is 18.7 Å². The minimum atomic E-state index is -0.416. The van der Waals surface area contributed by atoms with Crippen LogP contribution in [0.5, 0.6) is 0 Å². The Hall–Kier alpha value is -1.92. The quantitative estimate of drug-likeness (QED) is 0.835. The molecule has 1 heterocycles. The lowest BCUT2D eigenvalue weighted by molar-refractivity contribution is -0.138. The number of hydrogen-bond donors (Lipinski definition) is 1. The molecule has 7 heteroatoms. The van der Waals surface area contributed by atoms with Gasteiger partial charge in [0.1, 0.15) is 11.9 Å². The molecule has 0 radical (unpaired) electrons. The topological polar surface area (TPSA) is 58.6 Å². The predicted molar refractivity (Wildman–Crippen MR) is 84.5 cm³/mol. The molecule has 0 bridgehead atoms. The lowest BCUT2D eigenvalue weighted by atomic mass is 10.1. The van der Waals surface area contributed by atoms with Gasteiger partial charge in [-0.3, -0.25) is 9.59 Å². The minimum Gasteiger partial charge on any atom is -0.370 e. The number of carbonyl (C=O) groups is 2. The van der Waals surface area contributed by atoms with E-state index in [2.05, 4.69) is 11.9 Å². The van der Waals surface area contributed by atoms with Gasteiger partial charge in [0.2, 0.25) is 11.8 Å². The Kier molecular flexibility index (Phi) is 6.12. The van der Waals surface area contributed by atoms with Crippen LogP contribution in [0.3, 0.4) is 0 Å². The van der Waals surface area contributed by atoms with Gasteiger partial charge < -0.3 is 15.0 Å². The summed E-state index contributed by atoms with van der Waals surface area (Å²) in [7, 11) is 0. The van der Waals surface area contributed by atoms with Gasteiger partial charge in [-0.05, 0) is 18.2 Å². The molecule has 1 aliphatic heterocycles. The van der Waals surface area contributed by atoms with Gasteiger partial charge in [0, 0.05) is 30.1 Å². The summed E-state index contributed by atoms with van der Waals surface area (Å²) in [5, 5.41) is 2.84. The van der Waals surface area contributed by atoms with E-state index in [1.807, 2.05) is 0 Å². The number of amides is 2. The summed E-state index contributed by atoms with van der Waals surface area (Å²) >= 11 is 6.04. The van der Waals surface area contributed by atoms with Crippen molar-refractivity contribution in [3.8, 4) is 0 Å². The molecule has 1 atom stereocenters. The number of carbonyl (C=O) groups excluding carboxylic acids is 2. The molecule has 5 nitrogen and oxygen atoms in total. The van der Waals surface area contributed by atoms with Crippen molar-refractivity contribution in [1.29, 1.82) is 0 Å². The van der Waals surface area contributed by atoms with E-state index in [-0.39, 0.29) is 35.9 Å². The Balaban J connectivity index is 1.93. The first-order valence-electron chi connectivity index (χ1n) is 7.26. The van der Waals surface area contributed by atoms with Crippen molar-refractivity contribution >= 4 is 23.4 Å². The van der Waals surface area contributed by atoms with Gasteiger partial charge in [-0.15, -0.1) is 0 Å². The number of ether oxygens (including phenoxy) is 1. The molecule has 1 N–H and O–H groups in total.